The number of para-hydroxylation sites is 1. The maximum Gasteiger partial charge on any atom is 0.327 e. The number of rotatable bonds is 26. The second-order valence-electron chi connectivity index (χ2n) is 29.6. The molecule has 2 heterocycles. The Morgan fingerprint density at radius 1 is 0.496 bits per heavy atom. The summed E-state index contributed by atoms with van der Waals surface area (Å²) in [6.45, 7) is 5.64. The van der Waals surface area contributed by atoms with Gasteiger partial charge < -0.3 is 111 Å². The quantitative estimate of drug-likeness (QED) is 0.0199. The van der Waals surface area contributed by atoms with Gasteiger partial charge in [0.1, 0.15) is 78.3 Å². The number of aromatic nitrogens is 1. The molecular formula is C84H105IN16O18S2. The van der Waals surface area contributed by atoms with Crippen LogP contribution in [-0.2, 0) is 103 Å². The van der Waals surface area contributed by atoms with E-state index >= 15 is 28.8 Å². The molecule has 121 heavy (non-hydrogen) atoms. The lowest BCUT2D eigenvalue weighted by Crippen LogP contribution is -2.63. The molecule has 1 saturated heterocycles. The minimum absolute atomic E-state index is 0.0843. The number of urea groups is 1. The number of primary amides is 1. The van der Waals surface area contributed by atoms with E-state index in [4.69, 9.17) is 11.5 Å². The number of phenolic OH excluding ortho intramolecular Hbond substituents is 1. The standard InChI is InChI=1S/C84H105IN16O18S2/c1-46(2)88-41-53-29-27-52(28-30-53)38-62-77(111)100-70(47(3)103)81(115)95-63(37-51-22-12-7-13-23-51)78(112)101-71(48(4)104)82(116)96-66(43-102)79(113)98-68(83(117)118)45-121-120-44-67(97-75(109)64(99-84(87)119)39-54-31-32-69(105)57(85)34-54)80(114)90-59(26-16-17-33-86)72(106)91-60(35-49-18-8-5-9-19-49)73(107)92-61(36-50-20-10-6-11-21-50)74(108)94-65(76(110)93-62)40-55-42-89-58-25-15-14-24-56(55)58/h5-15,18-25,27-32,34,42,46-48,59-68,70-71,88-89,102-105H,16-17,26,33,35-41,43-45,86H2,1-4H3,(H,90,114)(H,91,106)(H,92,107)(H,93,110)(H,94,108)(H,95,115)(H,96,116)(H,97,109)(H,98,113)(H,100,111)(H,101,112)(H,117,118)(H3,87,99,119)/t47-,48-,59-,60-,61+,62+,63+,64+,65-,66+,67-,68+,70-,71-/m1/s1. The Kier molecular flexibility index (Phi) is 37.6. The first kappa shape index (κ1) is 95.3. The zero-order valence-electron chi connectivity index (χ0n) is 67.0. The van der Waals surface area contributed by atoms with Crippen LogP contribution in [0.1, 0.15) is 85.9 Å². The van der Waals surface area contributed by atoms with Crippen molar-refractivity contribution in [1.29, 1.82) is 0 Å². The third kappa shape index (κ3) is 30.2. The molecule has 1 fully saturated rings. The number of carbonyl (C=O) groups is 13. The maximum atomic E-state index is 15.7. The molecule has 8 rings (SSSR count). The number of carbonyl (C=O) groups excluding carboxylic acids is 12. The number of fused-ring (bicyclic) bond motifs is 1. The van der Waals surface area contributed by atoms with E-state index in [0.29, 0.717) is 60.8 Å². The zero-order valence-corrected chi connectivity index (χ0v) is 70.8. The normalized spacial score (nSPS) is 22.3. The molecule has 14 atom stereocenters. The first-order valence-corrected chi connectivity index (χ1v) is 42.9. The number of benzene rings is 6. The molecule has 0 spiro atoms. The summed E-state index contributed by atoms with van der Waals surface area (Å²) in [5, 5.41) is 89.0. The number of nitrogens with two attached hydrogens (primary N) is 2. The van der Waals surface area contributed by atoms with Gasteiger partial charge in [0, 0.05) is 79.7 Å². The summed E-state index contributed by atoms with van der Waals surface area (Å²) >= 11 is 1.86. The minimum Gasteiger partial charge on any atom is -0.507 e. The monoisotopic (exact) mass is 1820 g/mol. The highest BCUT2D eigenvalue weighted by Crippen LogP contribution is 2.26. The number of aliphatic carboxylic acids is 1. The summed E-state index contributed by atoms with van der Waals surface area (Å²) in [5.41, 5.74) is 16.0. The van der Waals surface area contributed by atoms with Crippen LogP contribution in [0.15, 0.2) is 164 Å². The van der Waals surface area contributed by atoms with Crippen molar-refractivity contribution in [2.45, 2.75) is 183 Å². The fraction of sp³-hybridized carbons (Fsp3) is 0.393. The van der Waals surface area contributed by atoms with E-state index in [1.165, 1.54) is 25.1 Å². The van der Waals surface area contributed by atoms with Gasteiger partial charge in [-0.15, -0.1) is 0 Å². The number of hydrogen-bond donors (Lipinski definition) is 21. The van der Waals surface area contributed by atoms with Crippen molar-refractivity contribution in [3.05, 3.63) is 206 Å². The number of nitrogens with one attached hydrogen (secondary N) is 14. The van der Waals surface area contributed by atoms with Gasteiger partial charge in [-0.3, -0.25) is 52.7 Å². The van der Waals surface area contributed by atoms with Crippen molar-refractivity contribution in [2.75, 3.05) is 24.7 Å². The van der Waals surface area contributed by atoms with Crippen LogP contribution in [-0.4, -0.2) is 223 Å². The summed E-state index contributed by atoms with van der Waals surface area (Å²) in [5.74, 6) is -14.4. The molecule has 23 N–H and O–H groups in total. The van der Waals surface area contributed by atoms with Gasteiger partial charge in [-0.1, -0.05) is 175 Å². The lowest BCUT2D eigenvalue weighted by molar-refractivity contribution is -0.142. The van der Waals surface area contributed by atoms with E-state index in [1.807, 2.05) is 36.4 Å². The van der Waals surface area contributed by atoms with Crippen molar-refractivity contribution in [3.63, 3.8) is 0 Å². The number of carboxylic acids is 1. The Hall–Kier alpha value is -11.2. The van der Waals surface area contributed by atoms with Gasteiger partial charge in [-0.05, 0) is 119 Å². The molecule has 13 amide bonds. The predicted octanol–water partition coefficient (Wildman–Crippen LogP) is 0.464. The second-order valence-corrected chi connectivity index (χ2v) is 33.3. The average Bonchev–Trinajstić information content (AvgIpc) is 1.70. The SMILES string of the molecule is CC(C)NCc1ccc(C[C@@H]2NC(=O)[C@@H](Cc3c[nH]c4ccccc34)NC(=O)[C@H](Cc3ccccc3)NC(=O)[C@@H](Cc3ccccc3)NC(=O)[C@@H](CCCCN)NC(=O)[C@H](NC(=O)[C@H](Cc3ccc(O)c(I)c3)NC(N)=O)CSSC[C@@H](C(=O)O)NC(=O)[C@H](CO)NC(=O)[C@@H]([C@@H](C)O)NC(=O)[C@H](Cc3ccccc3)NC(=O)[C@@H]([C@@H](C)O)NC2=O)cc1. The first-order chi connectivity index (χ1) is 57.9. The van der Waals surface area contributed by atoms with E-state index in [2.05, 4.69) is 74.1 Å². The van der Waals surface area contributed by atoms with Crippen LogP contribution in [0.3, 0.4) is 0 Å². The Labute approximate surface area is 720 Å². The fourth-order valence-electron chi connectivity index (χ4n) is 13.1. The number of carboxylic acid groups (broad SMARTS) is 1. The molecule has 6 aromatic carbocycles. The molecule has 0 unspecified atom stereocenters. The Morgan fingerprint density at radius 3 is 1.39 bits per heavy atom. The van der Waals surface area contributed by atoms with E-state index in [0.717, 1.165) is 34.1 Å². The molecule has 0 bridgehead atoms. The van der Waals surface area contributed by atoms with Crippen LogP contribution in [0, 0.1) is 3.57 Å². The third-order valence-electron chi connectivity index (χ3n) is 19.7. The van der Waals surface area contributed by atoms with Crippen LogP contribution in [0.4, 0.5) is 4.79 Å². The number of amides is 13. The molecule has 37 heteroatoms. The van der Waals surface area contributed by atoms with Crippen molar-refractivity contribution in [2.24, 2.45) is 11.5 Å². The number of unbranched alkanes of at least 4 members (excludes halogenated alkanes) is 1. The topological polar surface area (TPSA) is 547 Å². The van der Waals surface area contributed by atoms with Crippen molar-refractivity contribution in [3.8, 4) is 5.75 Å². The van der Waals surface area contributed by atoms with Crippen molar-refractivity contribution < 1.29 is 87.9 Å². The molecule has 34 nitrogen and oxygen atoms in total. The molecule has 0 aliphatic carbocycles. The van der Waals surface area contributed by atoms with Gasteiger partial charge in [0.05, 0.1) is 22.4 Å². The highest BCUT2D eigenvalue weighted by molar-refractivity contribution is 14.1. The lowest BCUT2D eigenvalue weighted by Gasteiger charge is -2.29. The number of phenols is 1. The number of H-pyrrole nitrogens is 1. The minimum atomic E-state index is -1.98. The van der Waals surface area contributed by atoms with Gasteiger partial charge in [0.15, 0.2) is 0 Å². The molecular weight excluding hydrogens is 1710 g/mol. The zero-order chi connectivity index (χ0) is 87.8. The van der Waals surface area contributed by atoms with E-state index in [1.54, 1.807) is 146 Å². The largest absolute Gasteiger partial charge is 0.507 e. The van der Waals surface area contributed by atoms with Gasteiger partial charge in [-0.2, -0.15) is 0 Å². The van der Waals surface area contributed by atoms with Crippen LogP contribution in [0.25, 0.3) is 10.9 Å². The molecule has 0 radical (unpaired) electrons. The van der Waals surface area contributed by atoms with Crippen LogP contribution < -0.4 is 80.6 Å². The third-order valence-corrected chi connectivity index (χ3v) is 23.0. The first-order valence-electron chi connectivity index (χ1n) is 39.4. The highest BCUT2D eigenvalue weighted by Gasteiger charge is 2.40. The lowest BCUT2D eigenvalue weighted by atomic mass is 9.99. The highest BCUT2D eigenvalue weighted by atomic mass is 127. The Morgan fingerprint density at radius 2 is 0.917 bits per heavy atom. The molecule has 1 aliphatic rings. The van der Waals surface area contributed by atoms with E-state index < -0.39 is 180 Å². The molecule has 1 aromatic heterocycles. The summed E-state index contributed by atoms with van der Waals surface area (Å²) in [7, 11) is 1.55. The van der Waals surface area contributed by atoms with E-state index in [9.17, 15) is 59.1 Å². The summed E-state index contributed by atoms with van der Waals surface area (Å²) in [6.07, 6.45) is -3.12. The second kappa shape index (κ2) is 47.7. The average molecular weight is 1820 g/mol. The molecule has 7 aromatic rings. The molecule has 0 saturated carbocycles. The van der Waals surface area contributed by atoms with E-state index in [-0.39, 0.29) is 69.7 Å². The van der Waals surface area contributed by atoms with Crippen LogP contribution in [0.2, 0.25) is 0 Å². The van der Waals surface area contributed by atoms with Crippen LogP contribution >= 0.6 is 44.2 Å². The maximum absolute atomic E-state index is 15.7. The molecule has 1 aliphatic heterocycles. The van der Waals surface area contributed by atoms with Crippen molar-refractivity contribution in [1.82, 2.24) is 74.1 Å². The smallest absolute Gasteiger partial charge is 0.327 e. The Bertz CT molecular complexity index is 4690. The van der Waals surface area contributed by atoms with Gasteiger partial charge in [0.25, 0.3) is 0 Å². The predicted molar refractivity (Wildman–Crippen MR) is 463 cm³/mol. The summed E-state index contributed by atoms with van der Waals surface area (Å²) in [4.78, 5) is 194. The number of aliphatic hydroxyl groups excluding tert-OH is 3. The van der Waals surface area contributed by atoms with Gasteiger partial charge >= 0.3 is 12.0 Å². The van der Waals surface area contributed by atoms with Gasteiger partial charge in [0.2, 0.25) is 65.0 Å². The number of aromatic hydroxyl groups is 1. The summed E-state index contributed by atoms with van der Waals surface area (Å²) in [6, 6.07) is 22.1. The number of aromatic amines is 1. The number of halogens is 1. The number of hydrogen-bond acceptors (Lipinski definition) is 21. The van der Waals surface area contributed by atoms with Crippen LogP contribution in [0.5, 0.6) is 5.75 Å². The fourth-order valence-corrected chi connectivity index (χ4v) is 16.0. The summed E-state index contributed by atoms with van der Waals surface area (Å²) < 4.78 is 0.382. The molecule has 648 valence electrons. The number of aliphatic hydroxyl groups is 3. The van der Waals surface area contributed by atoms with Crippen molar-refractivity contribution >= 4 is 132 Å². The Balaban J connectivity index is 1.23. The van der Waals surface area contributed by atoms with Gasteiger partial charge in [-0.25, -0.2) is 9.59 Å².